The molecule has 0 radical (unpaired) electrons. The third kappa shape index (κ3) is 5.94. The van der Waals surface area contributed by atoms with Crippen LogP contribution in [-0.2, 0) is 19.3 Å². The van der Waals surface area contributed by atoms with Crippen molar-refractivity contribution in [1.29, 1.82) is 0 Å². The first kappa shape index (κ1) is 20.1. The molecule has 0 aliphatic rings. The molecule has 0 aliphatic carbocycles. The minimum atomic E-state index is 0.598. The highest BCUT2D eigenvalue weighted by Gasteiger charge is 2.06. The fourth-order valence-electron chi connectivity index (χ4n) is 2.92. The van der Waals surface area contributed by atoms with E-state index < -0.39 is 0 Å². The van der Waals surface area contributed by atoms with E-state index >= 15 is 0 Å². The van der Waals surface area contributed by atoms with Crippen LogP contribution >= 0.6 is 0 Å². The number of rotatable bonds is 10. The summed E-state index contributed by atoms with van der Waals surface area (Å²) >= 11 is 0. The molecule has 0 atom stereocenters. The summed E-state index contributed by atoms with van der Waals surface area (Å²) < 4.78 is 0. The first-order valence-corrected chi connectivity index (χ1v) is 9.93. The van der Waals surface area contributed by atoms with E-state index in [1.807, 2.05) is 6.92 Å². The molecule has 0 unspecified atom stereocenters. The maximum atomic E-state index is 4.63. The Morgan fingerprint density at radius 3 is 2.38 bits per heavy atom. The molecule has 4 nitrogen and oxygen atoms in total. The Morgan fingerprint density at radius 2 is 1.65 bits per heavy atom. The molecule has 0 spiro atoms. The zero-order valence-corrected chi connectivity index (χ0v) is 16.7. The van der Waals surface area contributed by atoms with E-state index in [1.54, 1.807) is 0 Å². The first-order valence-electron chi connectivity index (χ1n) is 9.93. The molecule has 2 aromatic rings. The smallest absolute Gasteiger partial charge is 0.243 e. The Hall–Kier alpha value is -2.23. The van der Waals surface area contributed by atoms with Crippen LogP contribution in [0.4, 0.5) is 5.95 Å². The van der Waals surface area contributed by atoms with Crippen LogP contribution in [0.5, 0.6) is 0 Å². The number of aromatic nitrogens is 2. The quantitative estimate of drug-likeness (QED) is 0.450. The fourth-order valence-corrected chi connectivity index (χ4v) is 2.92. The summed E-state index contributed by atoms with van der Waals surface area (Å²) in [5, 5.41) is 4.57. The highest BCUT2D eigenvalue weighted by molar-refractivity contribution is 6.00. The number of benzene rings is 1. The van der Waals surface area contributed by atoms with Crippen molar-refractivity contribution < 1.29 is 0 Å². The number of hydrazone groups is 1. The Morgan fingerprint density at radius 1 is 0.962 bits per heavy atom. The summed E-state index contributed by atoms with van der Waals surface area (Å²) in [4.78, 5) is 9.20. The minimum Gasteiger partial charge on any atom is -0.245 e. The highest BCUT2D eigenvalue weighted by Crippen LogP contribution is 2.14. The van der Waals surface area contributed by atoms with Crippen molar-refractivity contribution in [3.05, 3.63) is 52.8 Å². The Balaban J connectivity index is 2.18. The van der Waals surface area contributed by atoms with Gasteiger partial charge in [0.25, 0.3) is 0 Å². The zero-order valence-electron chi connectivity index (χ0n) is 16.7. The van der Waals surface area contributed by atoms with E-state index in [-0.39, 0.29) is 0 Å². The lowest BCUT2D eigenvalue weighted by Crippen LogP contribution is -2.07. The van der Waals surface area contributed by atoms with Crippen LogP contribution in [0.1, 0.15) is 75.9 Å². The summed E-state index contributed by atoms with van der Waals surface area (Å²) in [7, 11) is 0. The van der Waals surface area contributed by atoms with Crippen molar-refractivity contribution >= 4 is 11.7 Å². The second-order valence-corrected chi connectivity index (χ2v) is 6.70. The number of hydrogen-bond donors (Lipinski definition) is 1. The molecule has 0 aliphatic heterocycles. The first-order chi connectivity index (χ1) is 12.7. The number of nitrogens with one attached hydrogen (secondary N) is 1. The minimum absolute atomic E-state index is 0.598. The van der Waals surface area contributed by atoms with Gasteiger partial charge in [0.05, 0.1) is 5.71 Å². The molecule has 0 fully saturated rings. The van der Waals surface area contributed by atoms with Gasteiger partial charge in [-0.05, 0) is 50.7 Å². The van der Waals surface area contributed by atoms with Gasteiger partial charge in [0, 0.05) is 17.0 Å². The molecule has 0 amide bonds. The predicted octanol–water partition coefficient (Wildman–Crippen LogP) is 5.56. The van der Waals surface area contributed by atoms with E-state index in [2.05, 4.69) is 71.6 Å². The van der Waals surface area contributed by atoms with Gasteiger partial charge in [-0.2, -0.15) is 5.10 Å². The van der Waals surface area contributed by atoms with Gasteiger partial charge in [0.1, 0.15) is 0 Å². The third-order valence-electron chi connectivity index (χ3n) is 4.51. The summed E-state index contributed by atoms with van der Waals surface area (Å²) in [6.45, 7) is 8.58. The largest absolute Gasteiger partial charge is 0.245 e. The fraction of sp³-hybridized carbons (Fsp3) is 0.500. The van der Waals surface area contributed by atoms with Crippen molar-refractivity contribution in [2.75, 3.05) is 5.43 Å². The molecule has 4 heteroatoms. The summed E-state index contributed by atoms with van der Waals surface area (Å²) in [5.74, 6) is 0.598. The lowest BCUT2D eigenvalue weighted by atomic mass is 9.99. The second-order valence-electron chi connectivity index (χ2n) is 6.70. The van der Waals surface area contributed by atoms with E-state index in [0.29, 0.717) is 5.95 Å². The van der Waals surface area contributed by atoms with Crippen molar-refractivity contribution in [2.24, 2.45) is 5.10 Å². The molecule has 0 saturated heterocycles. The molecular formula is C22H32N4. The molecule has 140 valence electrons. The van der Waals surface area contributed by atoms with E-state index in [1.165, 1.54) is 30.4 Å². The van der Waals surface area contributed by atoms with Gasteiger partial charge in [-0.15, -0.1) is 0 Å². The van der Waals surface area contributed by atoms with Gasteiger partial charge >= 0.3 is 0 Å². The Labute approximate surface area is 158 Å². The number of unbranched alkanes of at least 4 members (excludes halogenated alkanes) is 2. The highest BCUT2D eigenvalue weighted by atomic mass is 15.4. The SMILES string of the molecule is CCCCc1cc(CC)nc(NN=C(C)c2ccccc2CCCC)n1. The monoisotopic (exact) mass is 352 g/mol. The maximum absolute atomic E-state index is 4.63. The predicted molar refractivity (Wildman–Crippen MR) is 111 cm³/mol. The lowest BCUT2D eigenvalue weighted by molar-refractivity contribution is 0.769. The van der Waals surface area contributed by atoms with Gasteiger partial charge in [-0.3, -0.25) is 0 Å². The van der Waals surface area contributed by atoms with Crippen LogP contribution < -0.4 is 5.43 Å². The second kappa shape index (κ2) is 10.7. The standard InChI is InChI=1S/C22H32N4/c1-5-8-12-18-13-10-11-15-21(18)17(4)25-26-22-23-19(7-3)16-20(24-22)14-9-6-2/h10-11,13,15-16H,5-9,12,14H2,1-4H3,(H,23,24,26). The van der Waals surface area contributed by atoms with Crippen LogP contribution in [0.2, 0.25) is 0 Å². The Bertz CT molecular complexity index is 722. The molecule has 1 heterocycles. The number of anilines is 1. The summed E-state index contributed by atoms with van der Waals surface area (Å²) in [5.41, 5.74) is 8.76. The maximum Gasteiger partial charge on any atom is 0.243 e. The van der Waals surface area contributed by atoms with Crippen LogP contribution in [0, 0.1) is 0 Å². The van der Waals surface area contributed by atoms with Crippen molar-refractivity contribution in [1.82, 2.24) is 9.97 Å². The van der Waals surface area contributed by atoms with Gasteiger partial charge in [0.2, 0.25) is 5.95 Å². The molecule has 1 N–H and O–H groups in total. The van der Waals surface area contributed by atoms with Crippen LogP contribution in [-0.4, -0.2) is 15.7 Å². The van der Waals surface area contributed by atoms with E-state index in [0.717, 1.165) is 42.8 Å². The topological polar surface area (TPSA) is 50.2 Å². The van der Waals surface area contributed by atoms with E-state index in [9.17, 15) is 0 Å². The number of hydrogen-bond acceptors (Lipinski definition) is 4. The van der Waals surface area contributed by atoms with Crippen molar-refractivity contribution in [3.63, 3.8) is 0 Å². The Kier molecular flexibility index (Phi) is 8.26. The molecule has 1 aromatic carbocycles. The van der Waals surface area contributed by atoms with Gasteiger partial charge in [-0.25, -0.2) is 15.4 Å². The third-order valence-corrected chi connectivity index (χ3v) is 4.51. The molecular weight excluding hydrogens is 320 g/mol. The molecule has 0 bridgehead atoms. The van der Waals surface area contributed by atoms with Crippen LogP contribution in [0.25, 0.3) is 0 Å². The zero-order chi connectivity index (χ0) is 18.8. The van der Waals surface area contributed by atoms with Gasteiger partial charge in [-0.1, -0.05) is 57.9 Å². The molecule has 26 heavy (non-hydrogen) atoms. The lowest BCUT2D eigenvalue weighted by Gasteiger charge is -2.10. The van der Waals surface area contributed by atoms with E-state index in [4.69, 9.17) is 0 Å². The molecule has 1 aromatic heterocycles. The van der Waals surface area contributed by atoms with Crippen molar-refractivity contribution in [3.8, 4) is 0 Å². The molecule has 0 saturated carbocycles. The van der Waals surface area contributed by atoms with Gasteiger partial charge < -0.3 is 0 Å². The number of aryl methyl sites for hydroxylation is 3. The van der Waals surface area contributed by atoms with Crippen molar-refractivity contribution in [2.45, 2.75) is 72.6 Å². The van der Waals surface area contributed by atoms with Crippen LogP contribution in [0.15, 0.2) is 35.4 Å². The normalized spacial score (nSPS) is 11.6. The average molecular weight is 353 g/mol. The van der Waals surface area contributed by atoms with Gasteiger partial charge in [0.15, 0.2) is 0 Å². The summed E-state index contributed by atoms with van der Waals surface area (Å²) in [6, 6.07) is 10.6. The summed E-state index contributed by atoms with van der Waals surface area (Å²) in [6.07, 6.45) is 7.68. The molecule has 2 rings (SSSR count). The number of nitrogens with zero attached hydrogens (tertiary/aromatic N) is 3. The van der Waals surface area contributed by atoms with Crippen LogP contribution in [0.3, 0.4) is 0 Å². The average Bonchev–Trinajstić information content (AvgIpc) is 2.68.